The molecule has 0 aliphatic carbocycles. The number of hydrogen-bond donors (Lipinski definition) is 0. The van der Waals surface area contributed by atoms with Gasteiger partial charge in [0.05, 0.1) is 17.6 Å². The van der Waals surface area contributed by atoms with Crippen LogP contribution in [0.15, 0.2) is 77.7 Å². The molecule has 3 rings (SSSR count). The van der Waals surface area contributed by atoms with E-state index in [0.29, 0.717) is 5.56 Å². The summed E-state index contributed by atoms with van der Waals surface area (Å²) in [6, 6.07) is 22.1. The number of hydrogen-bond acceptors (Lipinski definition) is 4. The molecule has 0 radical (unpaired) electrons. The van der Waals surface area contributed by atoms with Gasteiger partial charge in [0.25, 0.3) is 0 Å². The third kappa shape index (κ3) is 3.68. The monoisotopic (exact) mass is 366 g/mol. The Kier molecular flexibility index (Phi) is 4.91. The average molecular weight is 366 g/mol. The lowest BCUT2D eigenvalue weighted by atomic mass is 9.98. The van der Waals surface area contributed by atoms with Gasteiger partial charge in [0, 0.05) is 11.8 Å². The Morgan fingerprint density at radius 1 is 0.808 bits per heavy atom. The zero-order chi connectivity index (χ0) is 18.7. The first-order valence-electron chi connectivity index (χ1n) is 7.98. The molecule has 0 bridgehead atoms. The number of carbonyl (C=O) groups is 1. The number of carbonyl (C=O) groups excluding carboxylic acids is 1. The van der Waals surface area contributed by atoms with Crippen LogP contribution in [0.2, 0.25) is 0 Å². The Morgan fingerprint density at radius 3 is 2.12 bits per heavy atom. The average Bonchev–Trinajstić information content (AvgIpc) is 2.67. The molecule has 0 spiro atoms. The summed E-state index contributed by atoms with van der Waals surface area (Å²) in [5, 5.41) is 0. The van der Waals surface area contributed by atoms with E-state index in [4.69, 9.17) is 4.74 Å². The van der Waals surface area contributed by atoms with Gasteiger partial charge < -0.3 is 4.74 Å². The molecule has 4 nitrogen and oxygen atoms in total. The van der Waals surface area contributed by atoms with Crippen LogP contribution in [0.3, 0.4) is 0 Å². The maximum Gasteiger partial charge on any atom is 0.337 e. The van der Waals surface area contributed by atoms with Gasteiger partial charge in [-0.05, 0) is 34.9 Å². The molecule has 0 aliphatic rings. The van der Waals surface area contributed by atoms with Crippen molar-refractivity contribution in [3.05, 3.63) is 78.4 Å². The topological polar surface area (TPSA) is 60.4 Å². The highest BCUT2D eigenvalue weighted by atomic mass is 32.2. The predicted molar refractivity (Wildman–Crippen MR) is 102 cm³/mol. The van der Waals surface area contributed by atoms with Gasteiger partial charge in [-0.25, -0.2) is 13.2 Å². The largest absolute Gasteiger partial charge is 0.465 e. The van der Waals surface area contributed by atoms with Crippen LogP contribution in [-0.2, 0) is 14.6 Å². The Morgan fingerprint density at radius 2 is 1.46 bits per heavy atom. The first-order chi connectivity index (χ1) is 12.4. The van der Waals surface area contributed by atoms with E-state index in [2.05, 4.69) is 0 Å². The Bertz CT molecular complexity index is 1050. The summed E-state index contributed by atoms with van der Waals surface area (Å²) >= 11 is 0. The molecule has 0 aromatic heterocycles. The summed E-state index contributed by atoms with van der Waals surface area (Å²) in [6.45, 7) is 0. The van der Waals surface area contributed by atoms with E-state index in [1.54, 1.807) is 12.1 Å². The van der Waals surface area contributed by atoms with Crippen molar-refractivity contribution in [3.63, 3.8) is 0 Å². The molecule has 0 aliphatic heterocycles. The molecule has 0 N–H and O–H groups in total. The molecule has 0 heterocycles. The van der Waals surface area contributed by atoms with E-state index in [9.17, 15) is 13.2 Å². The molecular weight excluding hydrogens is 348 g/mol. The van der Waals surface area contributed by atoms with Crippen molar-refractivity contribution in [2.45, 2.75) is 4.90 Å². The lowest BCUT2D eigenvalue weighted by Crippen LogP contribution is -2.06. The van der Waals surface area contributed by atoms with Crippen LogP contribution in [0.1, 0.15) is 10.4 Å². The zero-order valence-electron chi connectivity index (χ0n) is 14.5. The molecule has 0 saturated heterocycles. The van der Waals surface area contributed by atoms with E-state index >= 15 is 0 Å². The van der Waals surface area contributed by atoms with Gasteiger partial charge in [0.1, 0.15) is 0 Å². The lowest BCUT2D eigenvalue weighted by molar-refractivity contribution is 0.0600. The third-order valence-electron chi connectivity index (χ3n) is 4.08. The second kappa shape index (κ2) is 7.14. The van der Waals surface area contributed by atoms with Crippen molar-refractivity contribution >= 4 is 15.8 Å². The van der Waals surface area contributed by atoms with Crippen LogP contribution in [0, 0.1) is 0 Å². The van der Waals surface area contributed by atoms with Crippen LogP contribution in [0.4, 0.5) is 0 Å². The summed E-state index contributed by atoms with van der Waals surface area (Å²) in [7, 11) is -2.27. The first-order valence-corrected chi connectivity index (χ1v) is 9.87. The molecule has 3 aromatic rings. The summed E-state index contributed by atoms with van der Waals surface area (Å²) in [6.07, 6.45) is 1.13. The summed E-state index contributed by atoms with van der Waals surface area (Å²) in [5.41, 5.74) is 3.55. The number of ether oxygens (including phenoxy) is 1. The van der Waals surface area contributed by atoms with Crippen molar-refractivity contribution in [2.75, 3.05) is 13.4 Å². The van der Waals surface area contributed by atoms with Crippen molar-refractivity contribution in [3.8, 4) is 22.3 Å². The Hall–Kier alpha value is -2.92. The highest BCUT2D eigenvalue weighted by molar-refractivity contribution is 7.90. The summed E-state index contributed by atoms with van der Waals surface area (Å²) < 4.78 is 29.3. The maximum atomic E-state index is 12.3. The molecule has 132 valence electrons. The number of rotatable bonds is 4. The van der Waals surface area contributed by atoms with Crippen LogP contribution in [0.5, 0.6) is 0 Å². The quantitative estimate of drug-likeness (QED) is 0.649. The smallest absolute Gasteiger partial charge is 0.337 e. The van der Waals surface area contributed by atoms with Gasteiger partial charge in [-0.3, -0.25) is 0 Å². The fourth-order valence-electron chi connectivity index (χ4n) is 2.81. The van der Waals surface area contributed by atoms with Crippen LogP contribution in [0.25, 0.3) is 22.3 Å². The molecule has 0 unspecified atom stereocenters. The predicted octanol–water partition coefficient (Wildman–Crippen LogP) is 4.21. The Balaban J connectivity index is 2.17. The van der Waals surface area contributed by atoms with Gasteiger partial charge in [-0.1, -0.05) is 54.6 Å². The normalized spacial score (nSPS) is 11.2. The SMILES string of the molecule is COC(=O)c1ccc(-c2cccc(-c3ccccc3)c2)c(S(C)(=O)=O)c1. The van der Waals surface area contributed by atoms with E-state index in [1.807, 2.05) is 54.6 Å². The summed E-state index contributed by atoms with van der Waals surface area (Å²) in [5.74, 6) is -0.570. The molecule has 26 heavy (non-hydrogen) atoms. The van der Waals surface area contributed by atoms with Gasteiger partial charge in [0.15, 0.2) is 9.84 Å². The van der Waals surface area contributed by atoms with E-state index in [0.717, 1.165) is 22.9 Å². The van der Waals surface area contributed by atoms with Gasteiger partial charge in [-0.15, -0.1) is 0 Å². The maximum absolute atomic E-state index is 12.3. The summed E-state index contributed by atoms with van der Waals surface area (Å²) in [4.78, 5) is 11.9. The zero-order valence-corrected chi connectivity index (χ0v) is 15.3. The van der Waals surface area contributed by atoms with Crippen molar-refractivity contribution in [2.24, 2.45) is 0 Å². The molecule has 0 saturated carbocycles. The van der Waals surface area contributed by atoms with E-state index in [-0.39, 0.29) is 10.5 Å². The van der Waals surface area contributed by atoms with Crippen molar-refractivity contribution < 1.29 is 17.9 Å². The van der Waals surface area contributed by atoms with Crippen LogP contribution >= 0.6 is 0 Å². The third-order valence-corrected chi connectivity index (χ3v) is 5.22. The number of benzene rings is 3. The van der Waals surface area contributed by atoms with Crippen molar-refractivity contribution in [1.29, 1.82) is 0 Å². The molecule has 5 heteroatoms. The standard InChI is InChI=1S/C21H18O4S/c1-25-21(22)18-11-12-19(20(14-18)26(2,23)24)17-10-6-9-16(13-17)15-7-4-3-5-8-15/h3-14H,1-2H3. The number of methoxy groups -OCH3 is 1. The van der Waals surface area contributed by atoms with Crippen LogP contribution in [-0.4, -0.2) is 27.8 Å². The highest BCUT2D eigenvalue weighted by Gasteiger charge is 2.18. The molecule has 3 aromatic carbocycles. The van der Waals surface area contributed by atoms with E-state index in [1.165, 1.54) is 13.2 Å². The lowest BCUT2D eigenvalue weighted by Gasteiger charge is -2.12. The number of sulfone groups is 1. The second-order valence-electron chi connectivity index (χ2n) is 5.92. The Labute approximate surface area is 153 Å². The minimum Gasteiger partial charge on any atom is -0.465 e. The molecule has 0 amide bonds. The number of esters is 1. The molecule has 0 fully saturated rings. The molecule has 0 atom stereocenters. The fourth-order valence-corrected chi connectivity index (χ4v) is 3.74. The van der Waals surface area contributed by atoms with E-state index < -0.39 is 15.8 Å². The van der Waals surface area contributed by atoms with Gasteiger partial charge in [-0.2, -0.15) is 0 Å². The fraction of sp³-hybridized carbons (Fsp3) is 0.0952. The minimum absolute atomic E-state index is 0.102. The molecular formula is C21H18O4S. The minimum atomic E-state index is -3.53. The highest BCUT2D eigenvalue weighted by Crippen LogP contribution is 2.31. The first kappa shape index (κ1) is 17.9. The van der Waals surface area contributed by atoms with Crippen LogP contribution < -0.4 is 0 Å². The second-order valence-corrected chi connectivity index (χ2v) is 7.91. The van der Waals surface area contributed by atoms with Gasteiger partial charge >= 0.3 is 5.97 Å². The van der Waals surface area contributed by atoms with Crippen molar-refractivity contribution in [1.82, 2.24) is 0 Å². The van der Waals surface area contributed by atoms with Gasteiger partial charge in [0.2, 0.25) is 0 Å².